The number of carbonyl (C=O) groups is 2. The van der Waals surface area contributed by atoms with Crippen LogP contribution in [0.4, 0.5) is 0 Å². The molecular weight excluding hydrogens is 204 g/mol. The Kier molecular flexibility index (Phi) is 5.46. The van der Waals surface area contributed by atoms with Crippen molar-refractivity contribution >= 4 is 22.8 Å². The number of halogens is 1. The van der Waals surface area contributed by atoms with Gasteiger partial charge >= 0.3 is 5.97 Å². The lowest BCUT2D eigenvalue weighted by Gasteiger charge is -2.20. The van der Waals surface area contributed by atoms with Crippen molar-refractivity contribution in [3.05, 3.63) is 12.7 Å². The van der Waals surface area contributed by atoms with Crippen molar-refractivity contribution in [2.75, 3.05) is 6.61 Å². The number of carbonyl (C=O) groups excluding carboxylic acids is 2. The Balaban J connectivity index is 4.00. The first-order valence-corrected chi connectivity index (χ1v) is 4.70. The van der Waals surface area contributed by atoms with Crippen LogP contribution in [0.5, 0.6) is 0 Å². The Labute approximate surface area is 89.1 Å². The fourth-order valence-electron chi connectivity index (χ4n) is 1.03. The van der Waals surface area contributed by atoms with E-state index >= 15 is 0 Å². The molecule has 0 aromatic carbocycles. The van der Waals surface area contributed by atoms with Gasteiger partial charge in [0.2, 0.25) is 5.24 Å². The highest BCUT2D eigenvalue weighted by Crippen LogP contribution is 2.26. The van der Waals surface area contributed by atoms with Gasteiger partial charge in [0, 0.05) is 6.42 Å². The van der Waals surface area contributed by atoms with Crippen LogP contribution in [0.2, 0.25) is 0 Å². The fourth-order valence-corrected chi connectivity index (χ4v) is 1.39. The van der Waals surface area contributed by atoms with E-state index in [4.69, 9.17) is 16.3 Å². The van der Waals surface area contributed by atoms with Gasteiger partial charge in [-0.05, 0) is 17.0 Å². The second kappa shape index (κ2) is 5.81. The minimum Gasteiger partial charge on any atom is -0.461 e. The second-order valence-corrected chi connectivity index (χ2v) is 4.27. The van der Waals surface area contributed by atoms with Gasteiger partial charge in [-0.15, -0.1) is 0 Å². The first-order valence-electron chi connectivity index (χ1n) is 4.32. The highest BCUT2D eigenvalue weighted by atomic mass is 35.5. The van der Waals surface area contributed by atoms with Crippen molar-refractivity contribution in [3.8, 4) is 0 Å². The summed E-state index contributed by atoms with van der Waals surface area (Å²) in [5.74, 6) is -0.340. The van der Waals surface area contributed by atoms with Crippen LogP contribution < -0.4 is 0 Å². The SMILES string of the molecule is C=CCOC(=O)CC(C)(C)CC(=O)Cl. The fraction of sp³-hybridized carbons (Fsp3) is 0.600. The molecule has 0 aromatic rings. The second-order valence-electron chi connectivity index (χ2n) is 3.84. The van der Waals surface area contributed by atoms with E-state index < -0.39 is 10.7 Å². The third-order valence-electron chi connectivity index (χ3n) is 1.60. The maximum atomic E-state index is 11.2. The Morgan fingerprint density at radius 2 is 2.00 bits per heavy atom. The number of hydrogen-bond acceptors (Lipinski definition) is 3. The summed E-state index contributed by atoms with van der Waals surface area (Å²) in [6, 6.07) is 0. The normalized spacial score (nSPS) is 10.8. The van der Waals surface area contributed by atoms with E-state index in [9.17, 15) is 9.59 Å². The lowest BCUT2D eigenvalue weighted by atomic mass is 9.86. The summed E-state index contributed by atoms with van der Waals surface area (Å²) in [5, 5.41) is -0.438. The monoisotopic (exact) mass is 218 g/mol. The Hall–Kier alpha value is -0.830. The highest BCUT2D eigenvalue weighted by Gasteiger charge is 2.25. The number of esters is 1. The van der Waals surface area contributed by atoms with Gasteiger partial charge in [-0.25, -0.2) is 0 Å². The first kappa shape index (κ1) is 13.2. The molecular formula is C10H15ClO3. The zero-order chi connectivity index (χ0) is 11.2. The van der Waals surface area contributed by atoms with Crippen LogP contribution in [-0.2, 0) is 14.3 Å². The van der Waals surface area contributed by atoms with Crippen LogP contribution in [0.3, 0.4) is 0 Å². The van der Waals surface area contributed by atoms with E-state index in [-0.39, 0.29) is 25.4 Å². The molecule has 0 aliphatic heterocycles. The number of rotatable bonds is 6. The van der Waals surface area contributed by atoms with E-state index in [0.29, 0.717) is 0 Å². The van der Waals surface area contributed by atoms with Crippen LogP contribution in [0.25, 0.3) is 0 Å². The van der Waals surface area contributed by atoms with Gasteiger partial charge < -0.3 is 4.74 Å². The summed E-state index contributed by atoms with van der Waals surface area (Å²) in [6.07, 6.45) is 1.84. The van der Waals surface area contributed by atoms with Gasteiger partial charge in [0.25, 0.3) is 0 Å². The van der Waals surface area contributed by atoms with E-state index in [1.807, 2.05) is 0 Å². The summed E-state index contributed by atoms with van der Waals surface area (Å²) in [6.45, 7) is 7.21. The lowest BCUT2D eigenvalue weighted by molar-refractivity contribution is -0.144. The van der Waals surface area contributed by atoms with Crippen molar-refractivity contribution in [1.82, 2.24) is 0 Å². The van der Waals surface area contributed by atoms with Crippen molar-refractivity contribution in [2.45, 2.75) is 26.7 Å². The molecule has 0 aliphatic carbocycles. The topological polar surface area (TPSA) is 43.4 Å². The van der Waals surface area contributed by atoms with Gasteiger partial charge in [0.05, 0.1) is 6.42 Å². The largest absolute Gasteiger partial charge is 0.461 e. The zero-order valence-corrected chi connectivity index (χ0v) is 9.26. The molecule has 0 bridgehead atoms. The summed E-state index contributed by atoms with van der Waals surface area (Å²) < 4.78 is 4.80. The molecule has 0 saturated heterocycles. The predicted molar refractivity (Wildman–Crippen MR) is 55.0 cm³/mol. The average Bonchev–Trinajstić information content (AvgIpc) is 1.96. The molecule has 0 saturated carbocycles. The lowest BCUT2D eigenvalue weighted by Crippen LogP contribution is -2.21. The van der Waals surface area contributed by atoms with Crippen LogP contribution in [0.15, 0.2) is 12.7 Å². The number of hydrogen-bond donors (Lipinski definition) is 0. The standard InChI is InChI=1S/C10H15ClO3/c1-4-5-14-9(13)7-10(2,3)6-8(11)12/h4H,1,5-7H2,2-3H3. The third-order valence-corrected chi connectivity index (χ3v) is 1.74. The molecule has 0 amide bonds. The minimum absolute atomic E-state index is 0.164. The summed E-state index contributed by atoms with van der Waals surface area (Å²) in [5.41, 5.74) is -0.447. The molecule has 0 aliphatic rings. The van der Waals surface area contributed by atoms with Crippen molar-refractivity contribution in [1.29, 1.82) is 0 Å². The Morgan fingerprint density at radius 1 is 1.43 bits per heavy atom. The van der Waals surface area contributed by atoms with Crippen molar-refractivity contribution in [3.63, 3.8) is 0 Å². The van der Waals surface area contributed by atoms with Crippen LogP contribution in [0.1, 0.15) is 26.7 Å². The maximum Gasteiger partial charge on any atom is 0.306 e. The molecule has 80 valence electrons. The minimum atomic E-state index is -0.447. The Morgan fingerprint density at radius 3 is 2.43 bits per heavy atom. The van der Waals surface area contributed by atoms with E-state index in [2.05, 4.69) is 6.58 Å². The molecule has 3 nitrogen and oxygen atoms in total. The van der Waals surface area contributed by atoms with Gasteiger partial charge in [0.15, 0.2) is 0 Å². The molecule has 0 atom stereocenters. The van der Waals surface area contributed by atoms with Crippen molar-refractivity contribution < 1.29 is 14.3 Å². The molecule has 0 heterocycles. The highest BCUT2D eigenvalue weighted by molar-refractivity contribution is 6.63. The molecule has 4 heteroatoms. The van der Waals surface area contributed by atoms with Crippen LogP contribution in [0, 0.1) is 5.41 Å². The number of ether oxygens (including phenoxy) is 1. The quantitative estimate of drug-likeness (QED) is 0.390. The van der Waals surface area contributed by atoms with Crippen molar-refractivity contribution in [2.24, 2.45) is 5.41 Å². The van der Waals surface area contributed by atoms with E-state index in [0.717, 1.165) is 0 Å². The molecule has 0 spiro atoms. The molecule has 0 fully saturated rings. The van der Waals surface area contributed by atoms with E-state index in [1.54, 1.807) is 13.8 Å². The predicted octanol–water partition coefficient (Wildman–Crippen LogP) is 2.29. The molecule has 0 rings (SSSR count). The molecule has 0 unspecified atom stereocenters. The zero-order valence-electron chi connectivity index (χ0n) is 8.51. The smallest absolute Gasteiger partial charge is 0.306 e. The van der Waals surface area contributed by atoms with Gasteiger partial charge in [0.1, 0.15) is 6.61 Å². The molecule has 0 radical (unpaired) electrons. The molecule has 14 heavy (non-hydrogen) atoms. The summed E-state index contributed by atoms with van der Waals surface area (Å²) in [4.78, 5) is 21.8. The maximum absolute atomic E-state index is 11.2. The average molecular weight is 219 g/mol. The Bertz CT molecular complexity index is 234. The van der Waals surface area contributed by atoms with Gasteiger partial charge in [-0.3, -0.25) is 9.59 Å². The van der Waals surface area contributed by atoms with Crippen LogP contribution >= 0.6 is 11.6 Å². The van der Waals surface area contributed by atoms with Gasteiger partial charge in [-0.2, -0.15) is 0 Å². The van der Waals surface area contributed by atoms with E-state index in [1.165, 1.54) is 6.08 Å². The third kappa shape index (κ3) is 6.66. The molecule has 0 aromatic heterocycles. The summed E-state index contributed by atoms with van der Waals surface area (Å²) in [7, 11) is 0. The first-order chi connectivity index (χ1) is 6.37. The molecule has 0 N–H and O–H groups in total. The van der Waals surface area contributed by atoms with Crippen LogP contribution in [-0.4, -0.2) is 17.8 Å². The van der Waals surface area contributed by atoms with Gasteiger partial charge in [-0.1, -0.05) is 26.5 Å². The summed E-state index contributed by atoms with van der Waals surface area (Å²) >= 11 is 5.24.